The molecule has 17 heavy (non-hydrogen) atoms. The maximum Gasteiger partial charge on any atom is 0.165 e. The average Bonchev–Trinajstić information content (AvgIpc) is 2.73. The molecule has 0 aliphatic carbocycles. The van der Waals surface area contributed by atoms with Gasteiger partial charge in [0.05, 0.1) is 12.2 Å². The Morgan fingerprint density at radius 1 is 1.47 bits per heavy atom. The largest absolute Gasteiger partial charge is 0.487 e. The van der Waals surface area contributed by atoms with Gasteiger partial charge in [0.1, 0.15) is 6.61 Å². The third-order valence-corrected chi connectivity index (χ3v) is 3.53. The molecule has 1 aliphatic rings. The molecule has 0 amide bonds. The highest BCUT2D eigenvalue weighted by Gasteiger charge is 2.23. The van der Waals surface area contributed by atoms with Crippen molar-refractivity contribution in [1.29, 1.82) is 0 Å². The van der Waals surface area contributed by atoms with Crippen LogP contribution in [0.3, 0.4) is 0 Å². The highest BCUT2D eigenvalue weighted by atomic mass is 79.9. The number of ether oxygens (including phenoxy) is 2. The van der Waals surface area contributed by atoms with Gasteiger partial charge >= 0.3 is 0 Å². The Morgan fingerprint density at radius 3 is 2.94 bits per heavy atom. The predicted molar refractivity (Wildman–Crippen MR) is 68.1 cm³/mol. The zero-order valence-corrected chi connectivity index (χ0v) is 11.4. The first-order valence-electron chi connectivity index (χ1n) is 5.82. The molecule has 1 aromatic rings. The van der Waals surface area contributed by atoms with Gasteiger partial charge in [0, 0.05) is 10.9 Å². The van der Waals surface area contributed by atoms with Crippen molar-refractivity contribution >= 4 is 15.9 Å². The first-order valence-corrected chi connectivity index (χ1v) is 6.94. The van der Waals surface area contributed by atoms with Gasteiger partial charge in [-0.3, -0.25) is 0 Å². The van der Waals surface area contributed by atoms with E-state index in [0.29, 0.717) is 23.8 Å². The lowest BCUT2D eigenvalue weighted by Crippen LogP contribution is -2.18. The van der Waals surface area contributed by atoms with E-state index in [1.165, 1.54) is 6.07 Å². The third kappa shape index (κ3) is 3.19. The lowest BCUT2D eigenvalue weighted by atomic mass is 10.2. The van der Waals surface area contributed by atoms with E-state index in [-0.39, 0.29) is 11.9 Å². The van der Waals surface area contributed by atoms with Crippen molar-refractivity contribution < 1.29 is 13.9 Å². The molecule has 1 aliphatic heterocycles. The monoisotopic (exact) mass is 302 g/mol. The third-order valence-electron chi connectivity index (χ3n) is 2.93. The summed E-state index contributed by atoms with van der Waals surface area (Å²) in [6, 6.07) is 4.96. The highest BCUT2D eigenvalue weighted by Crippen LogP contribution is 2.26. The van der Waals surface area contributed by atoms with Crippen molar-refractivity contribution in [2.45, 2.75) is 37.3 Å². The van der Waals surface area contributed by atoms with Gasteiger partial charge in [-0.2, -0.15) is 0 Å². The summed E-state index contributed by atoms with van der Waals surface area (Å²) in [5.41, 5.74) is 0.830. The second kappa shape index (κ2) is 5.83. The molecule has 2 nitrogen and oxygen atoms in total. The molecule has 0 bridgehead atoms. The van der Waals surface area contributed by atoms with Crippen LogP contribution in [0.4, 0.5) is 4.39 Å². The van der Waals surface area contributed by atoms with Gasteiger partial charge in [-0.1, -0.05) is 28.1 Å². The van der Waals surface area contributed by atoms with Gasteiger partial charge in [-0.05, 0) is 25.8 Å². The molecule has 2 atom stereocenters. The van der Waals surface area contributed by atoms with Crippen LogP contribution in [-0.2, 0) is 10.1 Å². The van der Waals surface area contributed by atoms with Gasteiger partial charge in [0.2, 0.25) is 0 Å². The highest BCUT2D eigenvalue weighted by molar-refractivity contribution is 9.08. The number of para-hydroxylation sites is 1. The van der Waals surface area contributed by atoms with Crippen LogP contribution >= 0.6 is 15.9 Å². The Bertz CT molecular complexity index is 384. The van der Waals surface area contributed by atoms with E-state index < -0.39 is 0 Å². The van der Waals surface area contributed by atoms with Crippen molar-refractivity contribution in [3.05, 3.63) is 29.6 Å². The van der Waals surface area contributed by atoms with Gasteiger partial charge in [-0.25, -0.2) is 4.39 Å². The molecule has 94 valence electrons. The fourth-order valence-electron chi connectivity index (χ4n) is 2.00. The molecular formula is C13H16BrFO2. The van der Waals surface area contributed by atoms with E-state index in [0.717, 1.165) is 18.4 Å². The predicted octanol–water partition coefficient (Wildman–Crippen LogP) is 3.67. The summed E-state index contributed by atoms with van der Waals surface area (Å²) in [5.74, 6) is 0.0283. The Kier molecular flexibility index (Phi) is 4.40. The van der Waals surface area contributed by atoms with Crippen LogP contribution in [0, 0.1) is 5.82 Å². The number of hydrogen-bond acceptors (Lipinski definition) is 2. The van der Waals surface area contributed by atoms with E-state index in [4.69, 9.17) is 9.47 Å². The van der Waals surface area contributed by atoms with Crippen LogP contribution in [0.5, 0.6) is 5.75 Å². The first-order chi connectivity index (χ1) is 8.20. The maximum atomic E-state index is 13.6. The van der Waals surface area contributed by atoms with Gasteiger partial charge in [-0.15, -0.1) is 0 Å². The molecular weight excluding hydrogens is 287 g/mol. The van der Waals surface area contributed by atoms with E-state index in [1.54, 1.807) is 6.07 Å². The molecule has 1 heterocycles. The molecule has 2 unspecified atom stereocenters. The van der Waals surface area contributed by atoms with Crippen molar-refractivity contribution in [2.75, 3.05) is 6.61 Å². The zero-order chi connectivity index (χ0) is 12.3. The standard InChI is InChI=1S/C13H16BrFO2/c1-9-5-6-11(17-9)8-16-13-10(7-14)3-2-4-12(13)15/h2-4,9,11H,5-8H2,1H3. The number of hydrogen-bond donors (Lipinski definition) is 0. The van der Waals surface area contributed by atoms with Crippen LogP contribution in [0.2, 0.25) is 0 Å². The summed E-state index contributed by atoms with van der Waals surface area (Å²) in [5, 5.41) is 0.585. The minimum Gasteiger partial charge on any atom is -0.487 e. The lowest BCUT2D eigenvalue weighted by molar-refractivity contribution is 0.0254. The Morgan fingerprint density at radius 2 is 2.29 bits per heavy atom. The number of alkyl halides is 1. The van der Waals surface area contributed by atoms with E-state index >= 15 is 0 Å². The molecule has 4 heteroatoms. The normalized spacial score (nSPS) is 23.9. The SMILES string of the molecule is CC1CCC(COc2c(F)cccc2CBr)O1. The summed E-state index contributed by atoms with van der Waals surface area (Å²) in [4.78, 5) is 0. The van der Waals surface area contributed by atoms with Crippen molar-refractivity contribution in [1.82, 2.24) is 0 Å². The minimum absolute atomic E-state index is 0.0905. The summed E-state index contributed by atoms with van der Waals surface area (Å²) >= 11 is 3.33. The lowest BCUT2D eigenvalue weighted by Gasteiger charge is -2.15. The molecule has 0 aromatic heterocycles. The zero-order valence-electron chi connectivity index (χ0n) is 9.79. The molecule has 0 spiro atoms. The van der Waals surface area contributed by atoms with Gasteiger partial charge in [0.15, 0.2) is 11.6 Å². The second-order valence-corrected chi connectivity index (χ2v) is 4.88. The summed E-state index contributed by atoms with van der Waals surface area (Å²) in [7, 11) is 0. The minimum atomic E-state index is -0.312. The molecule has 0 N–H and O–H groups in total. The number of rotatable bonds is 4. The van der Waals surface area contributed by atoms with E-state index in [2.05, 4.69) is 15.9 Å². The summed E-state index contributed by atoms with van der Waals surface area (Å²) < 4.78 is 24.8. The second-order valence-electron chi connectivity index (χ2n) is 4.32. The molecule has 1 saturated heterocycles. The molecule has 1 aromatic carbocycles. The van der Waals surface area contributed by atoms with Crippen LogP contribution in [0.1, 0.15) is 25.3 Å². The van der Waals surface area contributed by atoms with Crippen LogP contribution in [-0.4, -0.2) is 18.8 Å². The average molecular weight is 303 g/mol. The summed E-state index contributed by atoms with van der Waals surface area (Å²) in [6.45, 7) is 2.47. The van der Waals surface area contributed by atoms with Crippen molar-refractivity contribution in [2.24, 2.45) is 0 Å². The van der Waals surface area contributed by atoms with Crippen LogP contribution < -0.4 is 4.74 Å². The maximum absolute atomic E-state index is 13.6. The fraction of sp³-hybridized carbons (Fsp3) is 0.538. The van der Waals surface area contributed by atoms with Crippen LogP contribution in [0.25, 0.3) is 0 Å². The number of halogens is 2. The Hall–Kier alpha value is -0.610. The molecule has 2 rings (SSSR count). The quantitative estimate of drug-likeness (QED) is 0.790. The fourth-order valence-corrected chi connectivity index (χ4v) is 2.45. The topological polar surface area (TPSA) is 18.5 Å². The Balaban J connectivity index is 1.98. The van der Waals surface area contributed by atoms with Gasteiger partial charge < -0.3 is 9.47 Å². The van der Waals surface area contributed by atoms with Crippen LogP contribution in [0.15, 0.2) is 18.2 Å². The molecule has 0 radical (unpaired) electrons. The smallest absolute Gasteiger partial charge is 0.165 e. The van der Waals surface area contributed by atoms with E-state index in [1.807, 2.05) is 13.0 Å². The first kappa shape index (κ1) is 12.8. The summed E-state index contributed by atoms with van der Waals surface area (Å²) in [6.07, 6.45) is 2.42. The Labute approximate surface area is 109 Å². The van der Waals surface area contributed by atoms with E-state index in [9.17, 15) is 4.39 Å². The van der Waals surface area contributed by atoms with Gasteiger partial charge in [0.25, 0.3) is 0 Å². The van der Waals surface area contributed by atoms with Crippen molar-refractivity contribution in [3.63, 3.8) is 0 Å². The molecule has 1 fully saturated rings. The van der Waals surface area contributed by atoms with Crippen molar-refractivity contribution in [3.8, 4) is 5.75 Å². The molecule has 0 saturated carbocycles. The number of benzene rings is 1.